The lowest BCUT2D eigenvalue weighted by Gasteiger charge is -2.17. The second-order valence-corrected chi connectivity index (χ2v) is 8.44. The van der Waals surface area contributed by atoms with Gasteiger partial charge in [-0.15, -0.1) is 0 Å². The molecule has 34 heavy (non-hydrogen) atoms. The van der Waals surface area contributed by atoms with Gasteiger partial charge in [0.2, 0.25) is 5.95 Å². The fourth-order valence-corrected chi connectivity index (χ4v) is 4.17. The van der Waals surface area contributed by atoms with E-state index in [9.17, 15) is 0 Å². The molecule has 7 heteroatoms. The summed E-state index contributed by atoms with van der Waals surface area (Å²) in [5.41, 5.74) is 3.68. The molecule has 1 fully saturated rings. The Hall–Kier alpha value is -3.42. The largest absolute Gasteiger partial charge is 0.492 e. The Morgan fingerprint density at radius 3 is 2.85 bits per heavy atom. The van der Waals surface area contributed by atoms with Gasteiger partial charge in [0.15, 0.2) is 0 Å². The molecule has 1 saturated heterocycles. The standard InChI is InChI=1S/C27H30N4O3/c1-2-13-31(12-1)14-17-34-26-9-8-23-18-22(26)20-32-15-3-4-16-33-24-7-5-6-21(19-24)25-10-11-28-27(29-23)30-25/h3-11,18-19H,1-2,12-17,20H2,(H,28,29,30)/b4-3-. The molecule has 1 aromatic heterocycles. The quantitative estimate of drug-likeness (QED) is 0.562. The number of ether oxygens (including phenoxy) is 3. The summed E-state index contributed by atoms with van der Waals surface area (Å²) in [6.45, 7) is 5.37. The fraction of sp³-hybridized carbons (Fsp3) is 0.333. The minimum absolute atomic E-state index is 0.446. The minimum Gasteiger partial charge on any atom is -0.492 e. The highest BCUT2D eigenvalue weighted by Gasteiger charge is 2.13. The molecule has 176 valence electrons. The molecule has 2 aliphatic rings. The summed E-state index contributed by atoms with van der Waals surface area (Å²) in [6.07, 6.45) is 8.28. The third-order valence-electron chi connectivity index (χ3n) is 5.95. The van der Waals surface area contributed by atoms with E-state index >= 15 is 0 Å². The van der Waals surface area contributed by atoms with Crippen LogP contribution in [0.5, 0.6) is 11.5 Å². The predicted molar refractivity (Wildman–Crippen MR) is 133 cm³/mol. The highest BCUT2D eigenvalue weighted by atomic mass is 16.5. The Labute approximate surface area is 200 Å². The Balaban J connectivity index is 1.37. The van der Waals surface area contributed by atoms with Crippen LogP contribution in [-0.4, -0.2) is 54.3 Å². The van der Waals surface area contributed by atoms with Gasteiger partial charge in [-0.1, -0.05) is 18.2 Å². The molecule has 0 amide bonds. The Kier molecular flexibility index (Phi) is 7.33. The van der Waals surface area contributed by atoms with E-state index in [4.69, 9.17) is 19.2 Å². The van der Waals surface area contributed by atoms with Crippen LogP contribution in [0.15, 0.2) is 66.9 Å². The van der Waals surface area contributed by atoms with E-state index < -0.39 is 0 Å². The Bertz CT molecular complexity index is 1130. The van der Waals surface area contributed by atoms with Gasteiger partial charge in [0, 0.05) is 29.6 Å². The summed E-state index contributed by atoms with van der Waals surface area (Å²) in [7, 11) is 0. The van der Waals surface area contributed by atoms with E-state index in [0.29, 0.717) is 32.4 Å². The number of anilines is 2. The van der Waals surface area contributed by atoms with Crippen LogP contribution in [0.2, 0.25) is 0 Å². The zero-order valence-corrected chi connectivity index (χ0v) is 19.3. The summed E-state index contributed by atoms with van der Waals surface area (Å²) < 4.78 is 17.9. The number of benzene rings is 2. The molecule has 5 rings (SSSR count). The molecule has 1 N–H and O–H groups in total. The first-order chi connectivity index (χ1) is 16.8. The van der Waals surface area contributed by atoms with Crippen LogP contribution < -0.4 is 14.8 Å². The van der Waals surface area contributed by atoms with Gasteiger partial charge in [-0.25, -0.2) is 9.97 Å². The molecule has 0 aliphatic carbocycles. The first-order valence-corrected chi connectivity index (χ1v) is 11.9. The highest BCUT2D eigenvalue weighted by molar-refractivity contribution is 5.64. The van der Waals surface area contributed by atoms with Crippen molar-refractivity contribution in [3.8, 4) is 22.8 Å². The summed E-state index contributed by atoms with van der Waals surface area (Å²) in [5.74, 6) is 2.17. The number of hydrogen-bond acceptors (Lipinski definition) is 7. The minimum atomic E-state index is 0.446. The summed E-state index contributed by atoms with van der Waals surface area (Å²) >= 11 is 0. The maximum absolute atomic E-state index is 6.15. The van der Waals surface area contributed by atoms with Crippen LogP contribution in [0, 0.1) is 0 Å². The van der Waals surface area contributed by atoms with Gasteiger partial charge < -0.3 is 19.5 Å². The van der Waals surface area contributed by atoms with E-state index in [0.717, 1.165) is 40.6 Å². The van der Waals surface area contributed by atoms with Crippen LogP contribution in [0.4, 0.5) is 11.6 Å². The van der Waals surface area contributed by atoms with Crippen molar-refractivity contribution < 1.29 is 14.2 Å². The fourth-order valence-electron chi connectivity index (χ4n) is 4.17. The molecule has 7 nitrogen and oxygen atoms in total. The molecular weight excluding hydrogens is 428 g/mol. The summed E-state index contributed by atoms with van der Waals surface area (Å²) in [6, 6.07) is 15.9. The normalized spacial score (nSPS) is 17.3. The summed E-state index contributed by atoms with van der Waals surface area (Å²) in [4.78, 5) is 11.6. The first kappa shape index (κ1) is 22.4. The molecule has 6 bridgehead atoms. The van der Waals surface area contributed by atoms with Crippen LogP contribution in [-0.2, 0) is 11.3 Å². The average molecular weight is 459 g/mol. The zero-order chi connectivity index (χ0) is 23.0. The number of nitrogens with zero attached hydrogens (tertiary/aromatic N) is 3. The van der Waals surface area contributed by atoms with E-state index in [1.165, 1.54) is 25.9 Å². The number of nitrogens with one attached hydrogen (secondary N) is 1. The lowest BCUT2D eigenvalue weighted by atomic mass is 10.1. The van der Waals surface area contributed by atoms with Gasteiger partial charge in [-0.3, -0.25) is 4.90 Å². The van der Waals surface area contributed by atoms with Crippen LogP contribution in [0.3, 0.4) is 0 Å². The second-order valence-electron chi connectivity index (χ2n) is 8.44. The third kappa shape index (κ3) is 5.92. The number of rotatable bonds is 4. The van der Waals surface area contributed by atoms with Crippen LogP contribution in [0.1, 0.15) is 18.4 Å². The van der Waals surface area contributed by atoms with Crippen LogP contribution >= 0.6 is 0 Å². The average Bonchev–Trinajstić information content (AvgIpc) is 3.38. The van der Waals surface area contributed by atoms with Crippen molar-refractivity contribution in [3.63, 3.8) is 0 Å². The van der Waals surface area contributed by atoms with Crippen LogP contribution in [0.25, 0.3) is 11.3 Å². The van der Waals surface area contributed by atoms with Crippen molar-refractivity contribution in [1.82, 2.24) is 14.9 Å². The zero-order valence-electron chi connectivity index (χ0n) is 19.3. The molecule has 0 atom stereocenters. The lowest BCUT2D eigenvalue weighted by molar-refractivity contribution is 0.144. The molecule has 0 saturated carbocycles. The molecule has 0 radical (unpaired) electrons. The van der Waals surface area contributed by atoms with E-state index in [-0.39, 0.29) is 0 Å². The molecule has 0 spiro atoms. The van der Waals surface area contributed by atoms with Gasteiger partial charge >= 0.3 is 0 Å². The lowest BCUT2D eigenvalue weighted by Crippen LogP contribution is -2.25. The number of hydrogen-bond donors (Lipinski definition) is 1. The van der Waals surface area contributed by atoms with E-state index in [1.54, 1.807) is 6.20 Å². The number of fused-ring (bicyclic) bond motifs is 7. The SMILES string of the molecule is C1=C\COc2cccc(c2)-c2ccnc(n2)Nc2ccc(OCCN3CCCC3)c(c2)COC/1. The molecule has 2 aromatic carbocycles. The smallest absolute Gasteiger partial charge is 0.227 e. The molecule has 0 unspecified atom stereocenters. The molecule has 2 aliphatic heterocycles. The van der Waals surface area contributed by atoms with Gasteiger partial charge in [0.05, 0.1) is 18.9 Å². The van der Waals surface area contributed by atoms with E-state index in [1.807, 2.05) is 60.7 Å². The molecular formula is C27H30N4O3. The van der Waals surface area contributed by atoms with Crippen molar-refractivity contribution in [3.05, 3.63) is 72.4 Å². The van der Waals surface area contributed by atoms with Gasteiger partial charge in [0.1, 0.15) is 24.7 Å². The monoisotopic (exact) mass is 458 g/mol. The van der Waals surface area contributed by atoms with Gasteiger partial charge in [-0.05, 0) is 68.4 Å². The van der Waals surface area contributed by atoms with Crippen molar-refractivity contribution >= 4 is 11.6 Å². The van der Waals surface area contributed by atoms with Crippen molar-refractivity contribution in [1.29, 1.82) is 0 Å². The predicted octanol–water partition coefficient (Wildman–Crippen LogP) is 4.83. The third-order valence-corrected chi connectivity index (χ3v) is 5.95. The maximum Gasteiger partial charge on any atom is 0.227 e. The molecule has 3 aromatic rings. The van der Waals surface area contributed by atoms with Gasteiger partial charge in [0.25, 0.3) is 0 Å². The van der Waals surface area contributed by atoms with Crippen molar-refractivity contribution in [2.24, 2.45) is 0 Å². The Morgan fingerprint density at radius 2 is 1.91 bits per heavy atom. The second kappa shape index (κ2) is 11.1. The number of likely N-dealkylation sites (tertiary alicyclic amines) is 1. The first-order valence-electron chi connectivity index (χ1n) is 11.9. The maximum atomic E-state index is 6.15. The highest BCUT2D eigenvalue weighted by Crippen LogP contribution is 2.27. The molecule has 3 heterocycles. The van der Waals surface area contributed by atoms with Gasteiger partial charge in [-0.2, -0.15) is 0 Å². The number of aromatic nitrogens is 2. The topological polar surface area (TPSA) is 68.7 Å². The van der Waals surface area contributed by atoms with Crippen molar-refractivity contribution in [2.75, 3.05) is 44.8 Å². The Morgan fingerprint density at radius 1 is 1.00 bits per heavy atom. The summed E-state index contributed by atoms with van der Waals surface area (Å²) in [5, 5.41) is 3.33. The van der Waals surface area contributed by atoms with Crippen molar-refractivity contribution in [2.45, 2.75) is 19.4 Å². The van der Waals surface area contributed by atoms with E-state index in [2.05, 4.69) is 15.2 Å².